The average Bonchev–Trinajstić information content (AvgIpc) is 3.22. The second kappa shape index (κ2) is 10.6. The number of benzene rings is 4. The van der Waals surface area contributed by atoms with Crippen LogP contribution in [0.15, 0.2) is 91.0 Å². The van der Waals surface area contributed by atoms with Gasteiger partial charge in [-0.1, -0.05) is 6.07 Å². The van der Waals surface area contributed by atoms with Gasteiger partial charge in [0.05, 0.1) is 27.9 Å². The lowest BCUT2D eigenvalue weighted by Gasteiger charge is -2.15. The van der Waals surface area contributed by atoms with Crippen LogP contribution in [0.2, 0.25) is 0 Å². The molecule has 5 rings (SSSR count). The largest absolute Gasteiger partial charge is 0.478 e. The van der Waals surface area contributed by atoms with E-state index in [2.05, 4.69) is 10.6 Å². The fourth-order valence-corrected chi connectivity index (χ4v) is 4.20. The molecule has 41 heavy (non-hydrogen) atoms. The molecule has 1 aliphatic rings. The second-order valence-corrected chi connectivity index (χ2v) is 8.93. The van der Waals surface area contributed by atoms with E-state index in [1.807, 2.05) is 0 Å². The van der Waals surface area contributed by atoms with Crippen LogP contribution in [0, 0.1) is 0 Å². The minimum Gasteiger partial charge on any atom is -0.478 e. The normalized spacial score (nSPS) is 12.0. The molecule has 11 heteroatoms. The van der Waals surface area contributed by atoms with Crippen molar-refractivity contribution in [1.29, 1.82) is 0 Å². The molecule has 0 aromatic heterocycles. The van der Waals surface area contributed by atoms with Gasteiger partial charge in [0.1, 0.15) is 0 Å². The Bertz CT molecular complexity index is 1760. The zero-order chi connectivity index (χ0) is 29.3. The Kier molecular flexibility index (Phi) is 6.84. The predicted octanol–water partition coefficient (Wildman–Crippen LogP) is 4.39. The summed E-state index contributed by atoms with van der Waals surface area (Å²) < 4.78 is 0. The van der Waals surface area contributed by atoms with Crippen LogP contribution >= 0.6 is 0 Å². The maximum absolute atomic E-state index is 13.3. The van der Waals surface area contributed by atoms with Gasteiger partial charge >= 0.3 is 11.9 Å². The van der Waals surface area contributed by atoms with Crippen molar-refractivity contribution in [3.8, 4) is 0 Å². The molecular formula is C30H19N3O8. The first-order valence-corrected chi connectivity index (χ1v) is 12.0. The first-order valence-electron chi connectivity index (χ1n) is 12.0. The highest BCUT2D eigenvalue weighted by Crippen LogP contribution is 2.30. The minimum atomic E-state index is -1.10. The number of carbonyl (C=O) groups is 6. The van der Waals surface area contributed by atoms with Crippen molar-refractivity contribution in [2.75, 3.05) is 15.5 Å². The number of rotatable bonds is 7. The van der Waals surface area contributed by atoms with Crippen LogP contribution in [0.1, 0.15) is 62.1 Å². The van der Waals surface area contributed by atoms with Crippen LogP contribution in [0.5, 0.6) is 0 Å². The zero-order valence-corrected chi connectivity index (χ0v) is 21.0. The lowest BCUT2D eigenvalue weighted by atomic mass is 10.1. The fraction of sp³-hybridized carbons (Fsp3) is 0. The van der Waals surface area contributed by atoms with Gasteiger partial charge < -0.3 is 20.8 Å². The Balaban J connectivity index is 1.33. The van der Waals surface area contributed by atoms with Gasteiger partial charge in [-0.2, -0.15) is 0 Å². The summed E-state index contributed by atoms with van der Waals surface area (Å²) in [6, 6.07) is 21.0. The van der Waals surface area contributed by atoms with E-state index in [1.165, 1.54) is 91.0 Å². The number of carboxylic acid groups (broad SMARTS) is 2. The molecule has 0 saturated heterocycles. The smallest absolute Gasteiger partial charge is 0.335 e. The molecule has 0 spiro atoms. The average molecular weight is 549 g/mol. The highest BCUT2D eigenvalue weighted by atomic mass is 16.4. The molecule has 1 heterocycles. The molecule has 0 saturated carbocycles. The van der Waals surface area contributed by atoms with Crippen LogP contribution in [0.3, 0.4) is 0 Å². The Labute approximate surface area is 231 Å². The highest BCUT2D eigenvalue weighted by molar-refractivity contribution is 6.35. The number of carboxylic acids is 2. The van der Waals surface area contributed by atoms with Crippen LogP contribution in [-0.4, -0.2) is 45.8 Å². The number of hydrogen-bond donors (Lipinski definition) is 4. The number of hydrogen-bond acceptors (Lipinski definition) is 6. The molecule has 0 radical (unpaired) electrons. The molecular weight excluding hydrogens is 530 g/mol. The first kappa shape index (κ1) is 26.5. The quantitative estimate of drug-likeness (QED) is 0.246. The van der Waals surface area contributed by atoms with Gasteiger partial charge in [-0.3, -0.25) is 19.2 Å². The van der Waals surface area contributed by atoms with Gasteiger partial charge in [-0.05, 0) is 84.9 Å². The van der Waals surface area contributed by atoms with Crippen LogP contribution in [0.25, 0.3) is 0 Å². The van der Waals surface area contributed by atoms with Gasteiger partial charge in [0.15, 0.2) is 0 Å². The van der Waals surface area contributed by atoms with Gasteiger partial charge in [0.25, 0.3) is 23.6 Å². The van der Waals surface area contributed by atoms with E-state index >= 15 is 0 Å². The molecule has 0 unspecified atom stereocenters. The molecule has 202 valence electrons. The molecule has 4 aromatic carbocycles. The lowest BCUT2D eigenvalue weighted by Crippen LogP contribution is -2.29. The van der Waals surface area contributed by atoms with E-state index in [4.69, 9.17) is 10.2 Å². The number of amides is 4. The topological polar surface area (TPSA) is 170 Å². The molecule has 0 atom stereocenters. The van der Waals surface area contributed by atoms with Crippen molar-refractivity contribution in [2.24, 2.45) is 0 Å². The van der Waals surface area contributed by atoms with Gasteiger partial charge in [0.2, 0.25) is 0 Å². The van der Waals surface area contributed by atoms with E-state index in [0.29, 0.717) is 11.4 Å². The summed E-state index contributed by atoms with van der Waals surface area (Å²) in [6.07, 6.45) is 0. The Morgan fingerprint density at radius 3 is 1.51 bits per heavy atom. The van der Waals surface area contributed by atoms with Gasteiger partial charge in [0, 0.05) is 22.5 Å². The van der Waals surface area contributed by atoms with E-state index in [0.717, 1.165) is 4.90 Å². The lowest BCUT2D eigenvalue weighted by molar-refractivity contribution is 0.0686. The molecule has 11 nitrogen and oxygen atoms in total. The molecule has 4 aromatic rings. The van der Waals surface area contributed by atoms with E-state index < -0.39 is 35.6 Å². The Morgan fingerprint density at radius 2 is 1.00 bits per heavy atom. The summed E-state index contributed by atoms with van der Waals surface area (Å²) >= 11 is 0. The van der Waals surface area contributed by atoms with Crippen molar-refractivity contribution in [2.45, 2.75) is 0 Å². The fourth-order valence-electron chi connectivity index (χ4n) is 4.20. The highest BCUT2D eigenvalue weighted by Gasteiger charge is 2.37. The number of fused-ring (bicyclic) bond motifs is 1. The number of aromatic carboxylic acids is 2. The Hall–Kier alpha value is -6.10. The number of anilines is 3. The molecule has 1 aliphatic heterocycles. The van der Waals surface area contributed by atoms with Crippen molar-refractivity contribution in [3.05, 3.63) is 124 Å². The summed E-state index contributed by atoms with van der Waals surface area (Å²) in [6.45, 7) is 0. The molecule has 0 aliphatic carbocycles. The summed E-state index contributed by atoms with van der Waals surface area (Å²) in [5.41, 5.74) is 1.32. The first-order chi connectivity index (χ1) is 19.6. The van der Waals surface area contributed by atoms with E-state index in [9.17, 15) is 28.8 Å². The monoisotopic (exact) mass is 549 g/mol. The molecule has 0 bridgehead atoms. The maximum atomic E-state index is 13.3. The predicted molar refractivity (Wildman–Crippen MR) is 147 cm³/mol. The van der Waals surface area contributed by atoms with Gasteiger partial charge in [-0.15, -0.1) is 0 Å². The van der Waals surface area contributed by atoms with Crippen molar-refractivity contribution in [3.63, 3.8) is 0 Å². The standard InChI is InChI=1S/C30H19N3O8/c34-25(31-20-9-4-16(5-10-20)29(38)39)18-2-1-3-22(14-18)33-27(36)23-13-8-19(15-24(23)28(33)37)26(35)32-21-11-6-17(7-12-21)30(40)41/h1-15H,(H,31,34)(H,32,35)(H,38,39)(H,40,41). The third kappa shape index (κ3) is 5.27. The van der Waals surface area contributed by atoms with E-state index in [1.54, 1.807) is 0 Å². The third-order valence-corrected chi connectivity index (χ3v) is 6.29. The summed E-state index contributed by atoms with van der Waals surface area (Å²) in [4.78, 5) is 75.0. The number of nitrogens with one attached hydrogen (secondary N) is 2. The third-order valence-electron chi connectivity index (χ3n) is 6.29. The number of imide groups is 1. The summed E-state index contributed by atoms with van der Waals surface area (Å²) in [5.74, 6) is -4.61. The Morgan fingerprint density at radius 1 is 0.537 bits per heavy atom. The van der Waals surface area contributed by atoms with Gasteiger partial charge in [-0.25, -0.2) is 14.5 Å². The van der Waals surface area contributed by atoms with Crippen molar-refractivity contribution in [1.82, 2.24) is 0 Å². The SMILES string of the molecule is O=C(O)c1ccc(NC(=O)c2cccc(N3C(=O)c4ccc(C(=O)Nc5ccc(C(=O)O)cc5)cc4C3=O)c2)cc1. The summed E-state index contributed by atoms with van der Waals surface area (Å²) in [7, 11) is 0. The minimum absolute atomic E-state index is 0.0113. The van der Waals surface area contributed by atoms with Crippen LogP contribution in [0.4, 0.5) is 17.1 Å². The summed E-state index contributed by atoms with van der Waals surface area (Å²) in [5, 5.41) is 23.3. The second-order valence-electron chi connectivity index (χ2n) is 8.93. The van der Waals surface area contributed by atoms with Crippen LogP contribution in [-0.2, 0) is 0 Å². The zero-order valence-electron chi connectivity index (χ0n) is 21.0. The molecule has 4 amide bonds. The van der Waals surface area contributed by atoms with Crippen molar-refractivity contribution < 1.29 is 39.0 Å². The van der Waals surface area contributed by atoms with Crippen molar-refractivity contribution >= 4 is 52.6 Å². The molecule has 4 N–H and O–H groups in total. The van der Waals surface area contributed by atoms with E-state index in [-0.39, 0.29) is 39.1 Å². The number of carbonyl (C=O) groups excluding carboxylic acids is 4. The maximum Gasteiger partial charge on any atom is 0.335 e. The van der Waals surface area contributed by atoms with Crippen LogP contribution < -0.4 is 15.5 Å². The number of nitrogens with zero attached hydrogens (tertiary/aromatic N) is 1. The molecule has 0 fully saturated rings.